The molecule has 2 heterocycles. The van der Waals surface area contributed by atoms with Crippen molar-refractivity contribution in [3.8, 4) is 0 Å². The largest absolute Gasteiger partial charge is 0.390 e. The number of piperidine rings is 1. The molecule has 2 saturated heterocycles. The van der Waals surface area contributed by atoms with Gasteiger partial charge in [0.15, 0.2) is 0 Å². The second-order valence-corrected chi connectivity index (χ2v) is 8.79. The zero-order valence-electron chi connectivity index (χ0n) is 17.6. The molecule has 3 rings (SSSR count). The molecule has 1 aromatic carbocycles. The van der Waals surface area contributed by atoms with Crippen LogP contribution in [-0.2, 0) is 14.4 Å². The normalized spacial score (nSPS) is 22.4. The first kappa shape index (κ1) is 24.5. The Balaban J connectivity index is 1.49. The van der Waals surface area contributed by atoms with E-state index in [4.69, 9.17) is 23.2 Å². The molecule has 2 fully saturated rings. The van der Waals surface area contributed by atoms with Crippen molar-refractivity contribution in [2.75, 3.05) is 39.3 Å². The Kier molecular flexibility index (Phi) is 8.53. The van der Waals surface area contributed by atoms with E-state index in [9.17, 15) is 24.6 Å². The van der Waals surface area contributed by atoms with Gasteiger partial charge in [-0.3, -0.25) is 14.4 Å². The van der Waals surface area contributed by atoms with Crippen molar-refractivity contribution in [3.05, 3.63) is 39.9 Å². The van der Waals surface area contributed by atoms with Crippen molar-refractivity contribution in [2.24, 2.45) is 0 Å². The SMILES string of the molecule is O=C(/C=C/c1ccc(Cl)c(Cl)c1)N1CCC(=O)N(CCC(=O)N2CCC(O)C(O)C2)CC1. The Hall–Kier alpha value is -2.13. The van der Waals surface area contributed by atoms with Crippen LogP contribution in [0.2, 0.25) is 10.0 Å². The number of rotatable bonds is 5. The molecular formula is C22H27Cl2N3O5. The summed E-state index contributed by atoms with van der Waals surface area (Å²) in [6, 6.07) is 5.08. The Morgan fingerprint density at radius 3 is 2.53 bits per heavy atom. The highest BCUT2D eigenvalue weighted by Gasteiger charge is 2.29. The molecule has 2 aliphatic rings. The molecule has 0 saturated carbocycles. The van der Waals surface area contributed by atoms with E-state index in [-0.39, 0.29) is 43.7 Å². The number of carbonyl (C=O) groups is 3. The second kappa shape index (κ2) is 11.1. The van der Waals surface area contributed by atoms with Crippen LogP contribution in [0, 0.1) is 0 Å². The minimum Gasteiger partial charge on any atom is -0.390 e. The van der Waals surface area contributed by atoms with Crippen LogP contribution >= 0.6 is 23.2 Å². The van der Waals surface area contributed by atoms with E-state index in [1.165, 1.54) is 11.0 Å². The Labute approximate surface area is 197 Å². The fourth-order valence-corrected chi connectivity index (χ4v) is 4.05. The number of halogens is 2. The predicted octanol–water partition coefficient (Wildman–Crippen LogP) is 1.41. The van der Waals surface area contributed by atoms with Crippen LogP contribution in [0.5, 0.6) is 0 Å². The number of aliphatic hydroxyl groups is 2. The molecule has 0 bridgehead atoms. The highest BCUT2D eigenvalue weighted by atomic mass is 35.5. The molecule has 2 atom stereocenters. The Bertz CT molecular complexity index is 894. The Morgan fingerprint density at radius 2 is 1.81 bits per heavy atom. The summed E-state index contributed by atoms with van der Waals surface area (Å²) in [5.74, 6) is -0.469. The highest BCUT2D eigenvalue weighted by Crippen LogP contribution is 2.23. The fraction of sp³-hybridized carbons (Fsp3) is 0.500. The molecule has 174 valence electrons. The number of aliphatic hydroxyl groups excluding tert-OH is 2. The van der Waals surface area contributed by atoms with Gasteiger partial charge in [-0.25, -0.2) is 0 Å². The van der Waals surface area contributed by atoms with Gasteiger partial charge in [-0.2, -0.15) is 0 Å². The van der Waals surface area contributed by atoms with Crippen molar-refractivity contribution in [3.63, 3.8) is 0 Å². The molecular weight excluding hydrogens is 457 g/mol. The van der Waals surface area contributed by atoms with Crippen LogP contribution in [0.15, 0.2) is 24.3 Å². The van der Waals surface area contributed by atoms with Crippen LogP contribution in [-0.4, -0.2) is 94.1 Å². The van der Waals surface area contributed by atoms with Gasteiger partial charge in [-0.15, -0.1) is 0 Å². The third-order valence-corrected chi connectivity index (χ3v) is 6.50. The molecule has 0 spiro atoms. The van der Waals surface area contributed by atoms with Gasteiger partial charge < -0.3 is 24.9 Å². The lowest BCUT2D eigenvalue weighted by molar-refractivity contribution is -0.139. The summed E-state index contributed by atoms with van der Waals surface area (Å²) in [6.07, 6.45) is 2.01. The Morgan fingerprint density at radius 1 is 1.03 bits per heavy atom. The fourth-order valence-electron chi connectivity index (χ4n) is 3.75. The summed E-state index contributed by atoms with van der Waals surface area (Å²) < 4.78 is 0. The minimum absolute atomic E-state index is 0.0986. The molecule has 10 heteroatoms. The smallest absolute Gasteiger partial charge is 0.246 e. The van der Waals surface area contributed by atoms with E-state index in [0.717, 1.165) is 5.56 Å². The number of carbonyl (C=O) groups excluding carboxylic acids is 3. The molecule has 3 amide bonds. The molecule has 8 nitrogen and oxygen atoms in total. The van der Waals surface area contributed by atoms with E-state index in [1.807, 2.05) is 0 Å². The number of hydrogen-bond donors (Lipinski definition) is 2. The molecule has 2 aliphatic heterocycles. The van der Waals surface area contributed by atoms with E-state index < -0.39 is 12.2 Å². The first-order valence-electron chi connectivity index (χ1n) is 10.6. The van der Waals surface area contributed by atoms with Gasteiger partial charge in [0.1, 0.15) is 0 Å². The van der Waals surface area contributed by atoms with Crippen molar-refractivity contribution < 1.29 is 24.6 Å². The summed E-state index contributed by atoms with van der Waals surface area (Å²) in [4.78, 5) is 42.2. The highest BCUT2D eigenvalue weighted by molar-refractivity contribution is 6.42. The number of nitrogens with zero attached hydrogens (tertiary/aromatic N) is 3. The first-order valence-corrected chi connectivity index (χ1v) is 11.3. The average Bonchev–Trinajstić information content (AvgIpc) is 2.96. The summed E-state index contributed by atoms with van der Waals surface area (Å²) in [5.41, 5.74) is 0.745. The van der Waals surface area contributed by atoms with Gasteiger partial charge in [0.2, 0.25) is 17.7 Å². The predicted molar refractivity (Wildman–Crippen MR) is 121 cm³/mol. The van der Waals surface area contributed by atoms with Crippen LogP contribution in [0.25, 0.3) is 6.08 Å². The molecule has 1 aromatic rings. The van der Waals surface area contributed by atoms with E-state index in [2.05, 4.69) is 0 Å². The lowest BCUT2D eigenvalue weighted by atomic mass is 10.0. The zero-order chi connectivity index (χ0) is 23.3. The van der Waals surface area contributed by atoms with Gasteiger partial charge in [-0.05, 0) is 30.2 Å². The maximum atomic E-state index is 12.6. The van der Waals surface area contributed by atoms with Gasteiger partial charge in [0.05, 0.1) is 22.3 Å². The van der Waals surface area contributed by atoms with Crippen LogP contribution in [0.4, 0.5) is 0 Å². The van der Waals surface area contributed by atoms with Crippen molar-refractivity contribution in [2.45, 2.75) is 31.5 Å². The van der Waals surface area contributed by atoms with E-state index in [0.29, 0.717) is 42.6 Å². The second-order valence-electron chi connectivity index (χ2n) is 7.98. The van der Waals surface area contributed by atoms with E-state index >= 15 is 0 Å². The molecule has 32 heavy (non-hydrogen) atoms. The van der Waals surface area contributed by atoms with Crippen LogP contribution < -0.4 is 0 Å². The number of amides is 3. The maximum Gasteiger partial charge on any atom is 0.246 e. The number of β-amino-alcohol motifs (C(OH)–C–C–N with tert-alkyl or cyclic N) is 1. The molecule has 0 aliphatic carbocycles. The maximum absolute atomic E-state index is 12.6. The van der Waals surface area contributed by atoms with E-state index in [1.54, 1.807) is 34.1 Å². The number of benzene rings is 1. The molecule has 0 radical (unpaired) electrons. The lowest BCUT2D eigenvalue weighted by Crippen LogP contribution is -2.49. The number of hydrogen-bond acceptors (Lipinski definition) is 5. The van der Waals surface area contributed by atoms with Crippen molar-refractivity contribution in [1.29, 1.82) is 0 Å². The van der Waals surface area contributed by atoms with Gasteiger partial charge >= 0.3 is 0 Å². The first-order chi connectivity index (χ1) is 15.2. The summed E-state index contributed by atoms with van der Waals surface area (Å²) in [7, 11) is 0. The average molecular weight is 484 g/mol. The summed E-state index contributed by atoms with van der Waals surface area (Å²) in [5, 5.41) is 20.2. The monoisotopic (exact) mass is 483 g/mol. The van der Waals surface area contributed by atoms with Gasteiger partial charge in [-0.1, -0.05) is 29.3 Å². The third-order valence-electron chi connectivity index (χ3n) is 5.76. The zero-order valence-corrected chi connectivity index (χ0v) is 19.1. The summed E-state index contributed by atoms with van der Waals surface area (Å²) >= 11 is 11.9. The quantitative estimate of drug-likeness (QED) is 0.616. The molecule has 2 N–H and O–H groups in total. The standard InChI is InChI=1S/C22H27Cl2N3O5/c23-16-3-1-15(13-17(16)24)2-4-20(30)25-9-6-21(31)26(12-11-25)10-7-22(32)27-8-5-18(28)19(29)14-27/h1-4,13,18-19,28-29H,5-12,14H2/b4-2+. The summed E-state index contributed by atoms with van der Waals surface area (Å²) in [6.45, 7) is 1.77. The lowest BCUT2D eigenvalue weighted by Gasteiger charge is -2.34. The molecule has 2 unspecified atom stereocenters. The van der Waals surface area contributed by atoms with Crippen LogP contribution in [0.1, 0.15) is 24.8 Å². The van der Waals surface area contributed by atoms with Crippen LogP contribution in [0.3, 0.4) is 0 Å². The van der Waals surface area contributed by atoms with Crippen molar-refractivity contribution >= 4 is 47.0 Å². The third kappa shape index (κ3) is 6.45. The van der Waals surface area contributed by atoms with Crippen molar-refractivity contribution in [1.82, 2.24) is 14.7 Å². The minimum atomic E-state index is -0.941. The van der Waals surface area contributed by atoms with Gasteiger partial charge in [0, 0.05) is 58.2 Å². The topological polar surface area (TPSA) is 101 Å². The molecule has 0 aromatic heterocycles. The number of likely N-dealkylation sites (tertiary alicyclic amines) is 1. The van der Waals surface area contributed by atoms with Gasteiger partial charge in [0.25, 0.3) is 0 Å².